The van der Waals surface area contributed by atoms with E-state index in [1.54, 1.807) is 7.11 Å². The first kappa shape index (κ1) is 17.8. The maximum Gasteiger partial charge on any atom is 0.236 e. The lowest BCUT2D eigenvalue weighted by Gasteiger charge is -2.03. The van der Waals surface area contributed by atoms with Crippen molar-refractivity contribution < 1.29 is 9.53 Å². The maximum absolute atomic E-state index is 12.2. The van der Waals surface area contributed by atoms with E-state index in [-0.39, 0.29) is 11.7 Å². The van der Waals surface area contributed by atoms with Crippen molar-refractivity contribution in [3.63, 3.8) is 0 Å². The second kappa shape index (κ2) is 7.57. The van der Waals surface area contributed by atoms with Crippen LogP contribution in [0.15, 0.2) is 34.8 Å². The molecule has 3 N–H and O–H groups in total. The summed E-state index contributed by atoms with van der Waals surface area (Å²) < 4.78 is 6.64. The molecule has 1 aliphatic rings. The zero-order chi connectivity index (χ0) is 18.8. The maximum atomic E-state index is 12.2. The first-order valence-electron chi connectivity index (χ1n) is 8.37. The molecule has 2 aromatic heterocycles. The average molecular weight is 403 g/mol. The number of thiazole rings is 1. The molecule has 0 atom stereocenters. The Kier molecular flexibility index (Phi) is 4.99. The van der Waals surface area contributed by atoms with Gasteiger partial charge in [-0.3, -0.25) is 4.79 Å². The molecular weight excluding hydrogens is 384 g/mol. The van der Waals surface area contributed by atoms with Crippen LogP contribution in [0.5, 0.6) is 5.75 Å². The van der Waals surface area contributed by atoms with Gasteiger partial charge in [-0.15, -0.1) is 21.5 Å². The fraction of sp³-hybridized carbons (Fsp3) is 0.294. The molecule has 140 valence electrons. The molecular formula is C17H18N6O2S2. The van der Waals surface area contributed by atoms with Crippen molar-refractivity contribution >= 4 is 34.1 Å². The number of benzene rings is 1. The van der Waals surface area contributed by atoms with Crippen LogP contribution in [0, 0.1) is 0 Å². The smallest absolute Gasteiger partial charge is 0.236 e. The van der Waals surface area contributed by atoms with Gasteiger partial charge >= 0.3 is 0 Å². The highest BCUT2D eigenvalue weighted by atomic mass is 32.2. The van der Waals surface area contributed by atoms with Crippen molar-refractivity contribution in [2.24, 2.45) is 0 Å². The van der Waals surface area contributed by atoms with E-state index in [0.717, 1.165) is 35.7 Å². The van der Waals surface area contributed by atoms with Crippen molar-refractivity contribution in [3.8, 4) is 17.0 Å². The monoisotopic (exact) mass is 402 g/mol. The van der Waals surface area contributed by atoms with Crippen LogP contribution in [0.4, 0.5) is 5.13 Å². The van der Waals surface area contributed by atoms with E-state index in [1.165, 1.54) is 27.8 Å². The molecule has 1 aliphatic carbocycles. The third kappa shape index (κ3) is 4.06. The number of nitrogens with one attached hydrogen (secondary N) is 1. The number of methoxy groups -OCH3 is 1. The molecule has 8 nitrogen and oxygen atoms in total. The molecule has 0 aliphatic heterocycles. The highest BCUT2D eigenvalue weighted by Crippen LogP contribution is 2.39. The number of carbonyl (C=O) groups excluding carboxylic acids is 1. The summed E-state index contributed by atoms with van der Waals surface area (Å²) in [6.45, 7) is 0. The van der Waals surface area contributed by atoms with Crippen molar-refractivity contribution in [1.29, 1.82) is 0 Å². The van der Waals surface area contributed by atoms with Crippen molar-refractivity contribution in [2.75, 3.05) is 24.0 Å². The van der Waals surface area contributed by atoms with E-state index in [2.05, 4.69) is 20.5 Å². The number of amides is 1. The van der Waals surface area contributed by atoms with E-state index >= 15 is 0 Å². The van der Waals surface area contributed by atoms with Gasteiger partial charge in [0.05, 0.1) is 18.6 Å². The van der Waals surface area contributed by atoms with Gasteiger partial charge in [0.1, 0.15) is 5.75 Å². The van der Waals surface area contributed by atoms with Gasteiger partial charge in [-0.1, -0.05) is 11.8 Å². The van der Waals surface area contributed by atoms with Gasteiger partial charge in [0.15, 0.2) is 11.0 Å². The number of nitrogen functional groups attached to an aromatic ring is 1. The number of ether oxygens (including phenoxy) is 1. The van der Waals surface area contributed by atoms with Crippen LogP contribution >= 0.6 is 23.1 Å². The molecule has 1 saturated carbocycles. The highest BCUT2D eigenvalue weighted by Gasteiger charge is 2.30. The molecule has 0 spiro atoms. The lowest BCUT2D eigenvalue weighted by molar-refractivity contribution is -0.113. The summed E-state index contributed by atoms with van der Waals surface area (Å²) in [5, 5.41) is 14.0. The van der Waals surface area contributed by atoms with Crippen molar-refractivity contribution in [1.82, 2.24) is 19.9 Å². The molecule has 27 heavy (non-hydrogen) atoms. The van der Waals surface area contributed by atoms with Crippen molar-refractivity contribution in [2.45, 2.75) is 23.9 Å². The summed E-state index contributed by atoms with van der Waals surface area (Å²) >= 11 is 2.65. The Balaban J connectivity index is 1.33. The number of hydrogen-bond donors (Lipinski definition) is 2. The van der Waals surface area contributed by atoms with Crippen molar-refractivity contribution in [3.05, 3.63) is 35.5 Å². The summed E-state index contributed by atoms with van der Waals surface area (Å²) in [4.78, 5) is 16.7. The summed E-state index contributed by atoms with van der Waals surface area (Å²) in [6, 6.07) is 7.62. The molecule has 0 unspecified atom stereocenters. The fourth-order valence-electron chi connectivity index (χ4n) is 2.52. The molecule has 0 radical (unpaired) electrons. The number of anilines is 1. The SMILES string of the molecule is COc1ccc(-c2csc(NC(=O)CSc3nnc(C4CC4)n3N)n2)cc1. The third-order valence-corrected chi connectivity index (χ3v) is 5.80. The van der Waals surface area contributed by atoms with Crippen LogP contribution in [0.2, 0.25) is 0 Å². The first-order valence-corrected chi connectivity index (χ1v) is 10.2. The molecule has 3 aromatic rings. The Morgan fingerprint density at radius 3 is 2.85 bits per heavy atom. The molecule has 1 fully saturated rings. The standard InChI is InChI=1S/C17H18N6O2S2/c1-25-12-6-4-10(5-7-12)13-8-26-16(19-13)20-14(24)9-27-17-22-21-15(23(17)18)11-2-3-11/h4-8,11H,2-3,9,18H2,1H3,(H,19,20,24). The predicted molar refractivity (Wildman–Crippen MR) is 106 cm³/mol. The van der Waals surface area contributed by atoms with Crippen LogP contribution < -0.4 is 15.9 Å². The molecule has 10 heteroatoms. The van der Waals surface area contributed by atoms with Crippen LogP contribution in [0.25, 0.3) is 11.3 Å². The quantitative estimate of drug-likeness (QED) is 0.462. The van der Waals surface area contributed by atoms with Gasteiger partial charge in [0.2, 0.25) is 11.1 Å². The number of rotatable bonds is 7. The largest absolute Gasteiger partial charge is 0.497 e. The lowest BCUT2D eigenvalue weighted by Crippen LogP contribution is -2.17. The average Bonchev–Trinajstić information content (AvgIpc) is 3.31. The van der Waals surface area contributed by atoms with E-state index in [1.807, 2.05) is 29.6 Å². The summed E-state index contributed by atoms with van der Waals surface area (Å²) in [5.74, 6) is 8.02. The first-order chi connectivity index (χ1) is 13.1. The Labute approximate surface area is 164 Å². The Morgan fingerprint density at radius 1 is 1.37 bits per heavy atom. The van der Waals surface area contributed by atoms with Crippen LogP contribution in [0.3, 0.4) is 0 Å². The molecule has 0 bridgehead atoms. The van der Waals surface area contributed by atoms with E-state index in [4.69, 9.17) is 10.6 Å². The second-order valence-corrected chi connectivity index (χ2v) is 7.89. The zero-order valence-electron chi connectivity index (χ0n) is 14.6. The minimum absolute atomic E-state index is 0.161. The number of aromatic nitrogens is 4. The van der Waals surface area contributed by atoms with Gasteiger partial charge in [-0.05, 0) is 37.1 Å². The summed E-state index contributed by atoms with van der Waals surface area (Å²) in [5.41, 5.74) is 1.77. The van der Waals surface area contributed by atoms with E-state index < -0.39 is 0 Å². The van der Waals surface area contributed by atoms with E-state index in [0.29, 0.717) is 16.2 Å². The van der Waals surface area contributed by atoms with Crippen LogP contribution in [0.1, 0.15) is 24.6 Å². The predicted octanol–water partition coefficient (Wildman–Crippen LogP) is 2.73. The normalized spacial score (nSPS) is 13.5. The van der Waals surface area contributed by atoms with Gasteiger partial charge in [-0.25, -0.2) is 9.66 Å². The number of nitrogens with zero attached hydrogens (tertiary/aromatic N) is 4. The second-order valence-electron chi connectivity index (χ2n) is 6.09. The molecule has 0 saturated heterocycles. The van der Waals surface area contributed by atoms with Gasteiger partial charge < -0.3 is 15.9 Å². The number of carbonyl (C=O) groups is 1. The van der Waals surface area contributed by atoms with Gasteiger partial charge in [0.25, 0.3) is 0 Å². The van der Waals surface area contributed by atoms with Gasteiger partial charge in [-0.2, -0.15) is 0 Å². The Hall–Kier alpha value is -2.59. The molecule has 1 amide bonds. The lowest BCUT2D eigenvalue weighted by atomic mass is 10.2. The fourth-order valence-corrected chi connectivity index (χ4v) is 3.92. The van der Waals surface area contributed by atoms with Crippen LogP contribution in [-0.2, 0) is 4.79 Å². The molecule has 1 aromatic carbocycles. The summed E-state index contributed by atoms with van der Waals surface area (Å²) in [6.07, 6.45) is 2.20. The third-order valence-electron chi connectivity index (χ3n) is 4.10. The topological polar surface area (TPSA) is 108 Å². The summed E-state index contributed by atoms with van der Waals surface area (Å²) in [7, 11) is 1.63. The molecule has 4 rings (SSSR count). The minimum Gasteiger partial charge on any atom is -0.497 e. The minimum atomic E-state index is -0.161. The number of hydrogen-bond acceptors (Lipinski definition) is 8. The Bertz CT molecular complexity index is 949. The van der Waals surface area contributed by atoms with E-state index in [9.17, 15) is 4.79 Å². The highest BCUT2D eigenvalue weighted by molar-refractivity contribution is 7.99. The van der Waals surface area contributed by atoms with Gasteiger partial charge in [0, 0.05) is 16.9 Å². The van der Waals surface area contributed by atoms with Crippen LogP contribution in [-0.4, -0.2) is 38.6 Å². The number of nitrogens with two attached hydrogens (primary N) is 1. The zero-order valence-corrected chi connectivity index (χ0v) is 16.2. The molecule has 2 heterocycles. The number of thioether (sulfide) groups is 1. The Morgan fingerprint density at radius 2 is 2.15 bits per heavy atom.